The van der Waals surface area contributed by atoms with Crippen molar-refractivity contribution >= 4 is 11.7 Å². The van der Waals surface area contributed by atoms with Gasteiger partial charge in [-0.2, -0.15) is 0 Å². The molecule has 4 nitrogen and oxygen atoms in total. The maximum absolute atomic E-state index is 13.4. The second-order valence-corrected chi connectivity index (χ2v) is 5.32. The average molecular weight is 330 g/mol. The number of amides is 2. The maximum atomic E-state index is 13.4. The van der Waals surface area contributed by atoms with E-state index in [1.54, 1.807) is 18.2 Å². The lowest BCUT2D eigenvalue weighted by molar-refractivity contribution is 0.246. The highest BCUT2D eigenvalue weighted by molar-refractivity contribution is 5.91. The Labute approximate surface area is 142 Å². The number of halogens is 1. The lowest BCUT2D eigenvalue weighted by Gasteiger charge is -2.15. The number of rotatable bonds is 7. The van der Waals surface area contributed by atoms with Crippen molar-refractivity contribution in [3.63, 3.8) is 0 Å². The van der Waals surface area contributed by atoms with E-state index in [0.29, 0.717) is 0 Å². The second-order valence-electron chi connectivity index (χ2n) is 5.32. The third-order valence-electron chi connectivity index (χ3n) is 3.72. The van der Waals surface area contributed by atoms with Gasteiger partial charge >= 0.3 is 6.03 Å². The van der Waals surface area contributed by atoms with Gasteiger partial charge in [0.15, 0.2) is 11.6 Å². The van der Waals surface area contributed by atoms with Crippen LogP contribution in [0.2, 0.25) is 0 Å². The molecule has 2 aromatic rings. The molecule has 0 aliphatic heterocycles. The highest BCUT2D eigenvalue weighted by Crippen LogP contribution is 2.22. The summed E-state index contributed by atoms with van der Waals surface area (Å²) in [7, 11) is 0. The first-order chi connectivity index (χ1) is 11.7. The molecule has 0 saturated carbocycles. The van der Waals surface area contributed by atoms with Crippen molar-refractivity contribution in [1.29, 1.82) is 0 Å². The van der Waals surface area contributed by atoms with Crippen molar-refractivity contribution in [3.8, 4) is 5.75 Å². The quantitative estimate of drug-likeness (QED) is 0.749. The van der Waals surface area contributed by atoms with Crippen molar-refractivity contribution in [2.75, 3.05) is 18.5 Å². The number of hydrogen-bond donors (Lipinski definition) is 2. The smallest absolute Gasteiger partial charge is 0.319 e. The number of benzene rings is 2. The SMILES string of the molecule is CCc1cccc(CC)c1NC(=O)NCCOc1ccccc1F. The number of anilines is 1. The van der Waals surface area contributed by atoms with Gasteiger partial charge in [0, 0.05) is 5.69 Å². The Morgan fingerprint density at radius 1 is 1.04 bits per heavy atom. The molecule has 2 aromatic carbocycles. The van der Waals surface area contributed by atoms with Crippen LogP contribution in [0, 0.1) is 5.82 Å². The van der Waals surface area contributed by atoms with E-state index in [0.717, 1.165) is 29.7 Å². The molecule has 0 unspecified atom stereocenters. The van der Waals surface area contributed by atoms with Gasteiger partial charge in [0.1, 0.15) is 6.61 Å². The Morgan fingerprint density at radius 3 is 2.33 bits per heavy atom. The standard InChI is InChI=1S/C19H23FN2O2/c1-3-14-8-7-9-15(4-2)18(14)22-19(23)21-12-13-24-17-11-6-5-10-16(17)20/h5-11H,3-4,12-13H2,1-2H3,(H2,21,22,23). The molecule has 0 aliphatic carbocycles. The van der Waals surface area contributed by atoms with Crippen molar-refractivity contribution in [1.82, 2.24) is 5.32 Å². The molecule has 0 atom stereocenters. The van der Waals surface area contributed by atoms with Gasteiger partial charge in [-0.1, -0.05) is 44.2 Å². The van der Waals surface area contributed by atoms with E-state index in [1.807, 2.05) is 18.2 Å². The molecule has 0 radical (unpaired) electrons. The molecule has 2 rings (SSSR count). The van der Waals surface area contributed by atoms with Crippen LogP contribution in [-0.2, 0) is 12.8 Å². The summed E-state index contributed by atoms with van der Waals surface area (Å²) < 4.78 is 18.7. The van der Waals surface area contributed by atoms with E-state index in [-0.39, 0.29) is 24.9 Å². The molecule has 0 aromatic heterocycles. The first kappa shape index (κ1) is 17.8. The number of urea groups is 1. The van der Waals surface area contributed by atoms with Crippen LogP contribution in [0.1, 0.15) is 25.0 Å². The van der Waals surface area contributed by atoms with Crippen LogP contribution in [0.25, 0.3) is 0 Å². The number of hydrogen-bond acceptors (Lipinski definition) is 2. The maximum Gasteiger partial charge on any atom is 0.319 e. The first-order valence-corrected chi connectivity index (χ1v) is 8.18. The summed E-state index contributed by atoms with van der Waals surface area (Å²) in [5.74, 6) is -0.226. The fraction of sp³-hybridized carbons (Fsp3) is 0.316. The molecule has 0 saturated heterocycles. The highest BCUT2D eigenvalue weighted by Gasteiger charge is 2.09. The van der Waals surface area contributed by atoms with Crippen LogP contribution < -0.4 is 15.4 Å². The van der Waals surface area contributed by atoms with E-state index in [4.69, 9.17) is 4.74 Å². The predicted molar refractivity (Wildman–Crippen MR) is 94.1 cm³/mol. The zero-order valence-corrected chi connectivity index (χ0v) is 14.1. The minimum atomic E-state index is -0.411. The summed E-state index contributed by atoms with van der Waals surface area (Å²) in [6.45, 7) is 4.60. The number of ether oxygens (including phenoxy) is 1. The highest BCUT2D eigenvalue weighted by atomic mass is 19.1. The number of carbonyl (C=O) groups excluding carboxylic acids is 1. The Balaban J connectivity index is 1.85. The predicted octanol–water partition coefficient (Wildman–Crippen LogP) is 4.15. The summed E-state index contributed by atoms with van der Waals surface area (Å²) in [5.41, 5.74) is 3.08. The zero-order valence-electron chi connectivity index (χ0n) is 14.1. The number of carbonyl (C=O) groups is 1. The second kappa shape index (κ2) is 8.91. The fourth-order valence-corrected chi connectivity index (χ4v) is 2.45. The van der Waals surface area contributed by atoms with E-state index < -0.39 is 5.82 Å². The number of nitrogens with one attached hydrogen (secondary N) is 2. The van der Waals surface area contributed by atoms with Gasteiger partial charge in [-0.3, -0.25) is 0 Å². The van der Waals surface area contributed by atoms with Crippen LogP contribution in [-0.4, -0.2) is 19.2 Å². The fourth-order valence-electron chi connectivity index (χ4n) is 2.45. The van der Waals surface area contributed by atoms with Gasteiger partial charge in [0.05, 0.1) is 6.54 Å². The van der Waals surface area contributed by atoms with Crippen LogP contribution >= 0.6 is 0 Å². The molecule has 0 aliphatic rings. The Bertz CT molecular complexity index is 667. The largest absolute Gasteiger partial charge is 0.489 e. The number of para-hydroxylation sites is 2. The molecule has 2 N–H and O–H groups in total. The molecular formula is C19H23FN2O2. The average Bonchev–Trinajstić information content (AvgIpc) is 2.60. The summed E-state index contributed by atoms with van der Waals surface area (Å²) in [4.78, 5) is 12.1. The van der Waals surface area contributed by atoms with E-state index >= 15 is 0 Å². The summed E-state index contributed by atoms with van der Waals surface area (Å²) in [6.07, 6.45) is 1.69. The van der Waals surface area contributed by atoms with Crippen LogP contribution in [0.4, 0.5) is 14.9 Å². The molecule has 24 heavy (non-hydrogen) atoms. The Kier molecular flexibility index (Phi) is 6.61. The first-order valence-electron chi connectivity index (χ1n) is 8.18. The molecular weight excluding hydrogens is 307 g/mol. The van der Waals surface area contributed by atoms with Gasteiger partial charge in [-0.05, 0) is 36.1 Å². The summed E-state index contributed by atoms with van der Waals surface area (Å²) in [5, 5.41) is 5.64. The minimum Gasteiger partial charge on any atom is -0.489 e. The van der Waals surface area contributed by atoms with Crippen molar-refractivity contribution in [2.24, 2.45) is 0 Å². The molecule has 0 fully saturated rings. The normalized spacial score (nSPS) is 10.3. The van der Waals surface area contributed by atoms with E-state index in [1.165, 1.54) is 6.07 Å². The zero-order chi connectivity index (χ0) is 17.4. The van der Waals surface area contributed by atoms with Gasteiger partial charge in [0.25, 0.3) is 0 Å². The lowest BCUT2D eigenvalue weighted by Crippen LogP contribution is -2.32. The van der Waals surface area contributed by atoms with Crippen LogP contribution in [0.3, 0.4) is 0 Å². The molecule has 0 heterocycles. The summed E-state index contributed by atoms with van der Waals surface area (Å²) in [6, 6.07) is 11.9. The third-order valence-corrected chi connectivity index (χ3v) is 3.72. The van der Waals surface area contributed by atoms with Crippen LogP contribution in [0.5, 0.6) is 5.75 Å². The van der Waals surface area contributed by atoms with Gasteiger partial charge in [-0.25, -0.2) is 9.18 Å². The monoisotopic (exact) mass is 330 g/mol. The molecule has 2 amide bonds. The summed E-state index contributed by atoms with van der Waals surface area (Å²) >= 11 is 0. The van der Waals surface area contributed by atoms with E-state index in [2.05, 4.69) is 24.5 Å². The molecule has 128 valence electrons. The van der Waals surface area contributed by atoms with Gasteiger partial charge in [0.2, 0.25) is 0 Å². The van der Waals surface area contributed by atoms with Gasteiger partial charge < -0.3 is 15.4 Å². The van der Waals surface area contributed by atoms with Crippen molar-refractivity contribution in [2.45, 2.75) is 26.7 Å². The Hall–Kier alpha value is -2.56. The van der Waals surface area contributed by atoms with Crippen molar-refractivity contribution in [3.05, 3.63) is 59.4 Å². The Morgan fingerprint density at radius 2 is 1.71 bits per heavy atom. The molecule has 5 heteroatoms. The van der Waals surface area contributed by atoms with Crippen molar-refractivity contribution < 1.29 is 13.9 Å². The topological polar surface area (TPSA) is 50.4 Å². The third kappa shape index (κ3) is 4.72. The van der Waals surface area contributed by atoms with E-state index in [9.17, 15) is 9.18 Å². The lowest BCUT2D eigenvalue weighted by atomic mass is 10.0. The molecule has 0 spiro atoms. The van der Waals surface area contributed by atoms with Gasteiger partial charge in [-0.15, -0.1) is 0 Å². The minimum absolute atomic E-state index is 0.185. The van der Waals surface area contributed by atoms with Crippen LogP contribution in [0.15, 0.2) is 42.5 Å². The molecule has 0 bridgehead atoms. The number of aryl methyl sites for hydroxylation is 2.